The van der Waals surface area contributed by atoms with E-state index in [1.807, 2.05) is 31.7 Å². The summed E-state index contributed by atoms with van der Waals surface area (Å²) in [6.45, 7) is 4.69. The van der Waals surface area contributed by atoms with E-state index < -0.39 is 0 Å². The molecular weight excluding hydrogens is 242 g/mol. The van der Waals surface area contributed by atoms with Crippen molar-refractivity contribution in [2.45, 2.75) is 26.2 Å². The molecule has 0 saturated heterocycles. The van der Waals surface area contributed by atoms with Gasteiger partial charge in [0.2, 0.25) is 0 Å². The first-order valence-corrected chi connectivity index (χ1v) is 6.37. The summed E-state index contributed by atoms with van der Waals surface area (Å²) in [5, 5.41) is 3.16. The maximum Gasteiger partial charge on any atom is 0.252 e. The summed E-state index contributed by atoms with van der Waals surface area (Å²) in [5.41, 5.74) is -0.127. The van der Waals surface area contributed by atoms with Gasteiger partial charge < -0.3 is 14.9 Å². The SMILES string of the molecule is CC(C)c1nc(NCCc2nccn2C)cc(=O)[nH]1. The van der Waals surface area contributed by atoms with E-state index in [0.717, 1.165) is 12.2 Å². The van der Waals surface area contributed by atoms with Crippen LogP contribution in [0.5, 0.6) is 0 Å². The first-order valence-electron chi connectivity index (χ1n) is 6.37. The highest BCUT2D eigenvalue weighted by molar-refractivity contribution is 5.33. The lowest BCUT2D eigenvalue weighted by atomic mass is 10.2. The second kappa shape index (κ2) is 5.69. The number of rotatable bonds is 5. The van der Waals surface area contributed by atoms with Crippen LogP contribution in [0.1, 0.15) is 31.4 Å². The van der Waals surface area contributed by atoms with E-state index in [1.54, 1.807) is 6.20 Å². The summed E-state index contributed by atoms with van der Waals surface area (Å²) < 4.78 is 1.98. The van der Waals surface area contributed by atoms with Gasteiger partial charge in [0.15, 0.2) is 0 Å². The highest BCUT2D eigenvalue weighted by Gasteiger charge is 2.05. The number of aromatic nitrogens is 4. The molecule has 19 heavy (non-hydrogen) atoms. The highest BCUT2D eigenvalue weighted by Crippen LogP contribution is 2.09. The lowest BCUT2D eigenvalue weighted by Gasteiger charge is -2.09. The van der Waals surface area contributed by atoms with Crippen molar-refractivity contribution >= 4 is 5.82 Å². The molecule has 0 fully saturated rings. The molecule has 6 nitrogen and oxygen atoms in total. The van der Waals surface area contributed by atoms with E-state index in [1.165, 1.54) is 6.07 Å². The van der Waals surface area contributed by atoms with Gasteiger partial charge in [0.25, 0.3) is 5.56 Å². The lowest BCUT2D eigenvalue weighted by molar-refractivity contribution is 0.761. The summed E-state index contributed by atoms with van der Waals surface area (Å²) in [6.07, 6.45) is 4.48. The van der Waals surface area contributed by atoms with E-state index in [9.17, 15) is 4.79 Å². The van der Waals surface area contributed by atoms with Crippen molar-refractivity contribution in [1.29, 1.82) is 0 Å². The summed E-state index contributed by atoms with van der Waals surface area (Å²) in [4.78, 5) is 22.9. The predicted octanol–water partition coefficient (Wildman–Crippen LogP) is 1.28. The Bertz CT molecular complexity index is 599. The standard InChI is InChI=1S/C13H19N5O/c1-9(2)13-16-10(8-12(19)17-13)14-5-4-11-15-6-7-18(11)3/h6-9H,4-5H2,1-3H3,(H2,14,16,17,19). The van der Waals surface area contributed by atoms with Gasteiger partial charge in [-0.1, -0.05) is 13.8 Å². The quantitative estimate of drug-likeness (QED) is 0.850. The zero-order chi connectivity index (χ0) is 13.8. The van der Waals surface area contributed by atoms with Crippen LogP contribution < -0.4 is 10.9 Å². The van der Waals surface area contributed by atoms with E-state index >= 15 is 0 Å². The molecule has 2 heterocycles. The Kier molecular flexibility index (Phi) is 3.99. The Morgan fingerprint density at radius 1 is 1.47 bits per heavy atom. The molecule has 2 aromatic rings. The van der Waals surface area contributed by atoms with Crippen molar-refractivity contribution in [1.82, 2.24) is 19.5 Å². The molecule has 0 amide bonds. The van der Waals surface area contributed by atoms with Gasteiger partial charge in [0, 0.05) is 44.4 Å². The number of aryl methyl sites for hydroxylation is 1. The van der Waals surface area contributed by atoms with Crippen LogP contribution in [0.15, 0.2) is 23.3 Å². The fourth-order valence-electron chi connectivity index (χ4n) is 1.78. The second-order valence-electron chi connectivity index (χ2n) is 4.80. The van der Waals surface area contributed by atoms with Crippen LogP contribution in [0.3, 0.4) is 0 Å². The molecule has 0 radical (unpaired) electrons. The van der Waals surface area contributed by atoms with Crippen molar-refractivity contribution in [3.05, 3.63) is 40.5 Å². The van der Waals surface area contributed by atoms with Gasteiger partial charge in [-0.3, -0.25) is 4.79 Å². The number of imidazole rings is 1. The monoisotopic (exact) mass is 261 g/mol. The van der Waals surface area contributed by atoms with Crippen LogP contribution in [0, 0.1) is 0 Å². The number of hydrogen-bond acceptors (Lipinski definition) is 4. The van der Waals surface area contributed by atoms with Crippen LogP contribution in [0.2, 0.25) is 0 Å². The topological polar surface area (TPSA) is 75.6 Å². The molecule has 2 aromatic heterocycles. The van der Waals surface area contributed by atoms with E-state index in [-0.39, 0.29) is 11.5 Å². The Hall–Kier alpha value is -2.11. The minimum absolute atomic E-state index is 0.127. The number of aromatic amines is 1. The second-order valence-corrected chi connectivity index (χ2v) is 4.80. The fraction of sp³-hybridized carbons (Fsp3) is 0.462. The molecule has 0 saturated carbocycles. The van der Waals surface area contributed by atoms with E-state index in [4.69, 9.17) is 0 Å². The third-order valence-electron chi connectivity index (χ3n) is 2.88. The number of nitrogens with one attached hydrogen (secondary N) is 2. The molecule has 0 bridgehead atoms. The molecule has 2 N–H and O–H groups in total. The highest BCUT2D eigenvalue weighted by atomic mass is 16.1. The lowest BCUT2D eigenvalue weighted by Crippen LogP contribution is -2.16. The summed E-state index contributed by atoms with van der Waals surface area (Å²) >= 11 is 0. The molecule has 0 aromatic carbocycles. The molecule has 0 aliphatic heterocycles. The van der Waals surface area contributed by atoms with Gasteiger partial charge in [-0.15, -0.1) is 0 Å². The van der Waals surface area contributed by atoms with Crippen LogP contribution in [0.4, 0.5) is 5.82 Å². The Morgan fingerprint density at radius 2 is 2.26 bits per heavy atom. The molecule has 6 heteroatoms. The first kappa shape index (κ1) is 13.3. The summed E-state index contributed by atoms with van der Waals surface area (Å²) in [6, 6.07) is 1.48. The minimum atomic E-state index is -0.127. The smallest absolute Gasteiger partial charge is 0.252 e. The first-order chi connectivity index (χ1) is 9.06. The number of anilines is 1. The molecule has 102 valence electrons. The zero-order valence-electron chi connectivity index (χ0n) is 11.5. The van der Waals surface area contributed by atoms with Crippen LogP contribution in [-0.4, -0.2) is 26.1 Å². The van der Waals surface area contributed by atoms with Crippen molar-refractivity contribution in [3.63, 3.8) is 0 Å². The normalized spacial score (nSPS) is 10.9. The van der Waals surface area contributed by atoms with Crippen molar-refractivity contribution < 1.29 is 0 Å². The van der Waals surface area contributed by atoms with E-state index in [2.05, 4.69) is 20.3 Å². The van der Waals surface area contributed by atoms with Crippen LogP contribution >= 0.6 is 0 Å². The number of nitrogens with zero attached hydrogens (tertiary/aromatic N) is 3. The van der Waals surface area contributed by atoms with Crippen molar-refractivity contribution in [2.24, 2.45) is 7.05 Å². The molecule has 0 spiro atoms. The van der Waals surface area contributed by atoms with Gasteiger partial charge >= 0.3 is 0 Å². The largest absolute Gasteiger partial charge is 0.369 e. The Labute approximate surface area is 111 Å². The number of H-pyrrole nitrogens is 1. The van der Waals surface area contributed by atoms with Gasteiger partial charge in [-0.2, -0.15) is 0 Å². The number of hydrogen-bond donors (Lipinski definition) is 2. The maximum atomic E-state index is 11.5. The van der Waals surface area contributed by atoms with Crippen LogP contribution in [0.25, 0.3) is 0 Å². The summed E-state index contributed by atoms with van der Waals surface area (Å²) in [5.74, 6) is 2.51. The van der Waals surface area contributed by atoms with Crippen molar-refractivity contribution in [3.8, 4) is 0 Å². The van der Waals surface area contributed by atoms with Gasteiger partial charge in [0.05, 0.1) is 0 Å². The molecule has 0 aliphatic rings. The van der Waals surface area contributed by atoms with Crippen LogP contribution in [-0.2, 0) is 13.5 Å². The minimum Gasteiger partial charge on any atom is -0.369 e. The third-order valence-corrected chi connectivity index (χ3v) is 2.88. The predicted molar refractivity (Wildman–Crippen MR) is 74.3 cm³/mol. The average Bonchev–Trinajstić information content (AvgIpc) is 2.74. The summed E-state index contributed by atoms with van der Waals surface area (Å²) in [7, 11) is 1.96. The fourth-order valence-corrected chi connectivity index (χ4v) is 1.78. The van der Waals surface area contributed by atoms with Gasteiger partial charge in [0.1, 0.15) is 17.5 Å². The third kappa shape index (κ3) is 3.43. The molecular formula is C13H19N5O. The van der Waals surface area contributed by atoms with Gasteiger partial charge in [-0.25, -0.2) is 9.97 Å². The Balaban J connectivity index is 2.00. The van der Waals surface area contributed by atoms with Crippen molar-refractivity contribution in [2.75, 3.05) is 11.9 Å². The average molecular weight is 261 g/mol. The molecule has 0 aliphatic carbocycles. The maximum absolute atomic E-state index is 11.5. The Morgan fingerprint density at radius 3 is 2.89 bits per heavy atom. The molecule has 2 rings (SSSR count). The zero-order valence-corrected chi connectivity index (χ0v) is 11.5. The molecule has 0 unspecified atom stereocenters. The van der Waals surface area contributed by atoms with E-state index in [0.29, 0.717) is 18.2 Å². The van der Waals surface area contributed by atoms with Gasteiger partial charge in [-0.05, 0) is 0 Å². The molecule has 0 atom stereocenters.